The summed E-state index contributed by atoms with van der Waals surface area (Å²) in [6, 6.07) is 19.3. The lowest BCUT2D eigenvalue weighted by atomic mass is 10.0. The molecule has 0 fully saturated rings. The van der Waals surface area contributed by atoms with Crippen LogP contribution in [0.25, 0.3) is 22.5 Å². The van der Waals surface area contributed by atoms with Gasteiger partial charge < -0.3 is 0 Å². The Balaban J connectivity index is 1.96. The van der Waals surface area contributed by atoms with E-state index in [1.165, 1.54) is 27.9 Å². The standard InChI is InChI=1S/C21H23N3/c1-4-19(23(2)3)24-21(15-10-6-5-7-11-15)18-14-16-12-8-9-13-17(16)20(18)22-24/h5-13,19H,4,14H2,1-3H3. The van der Waals surface area contributed by atoms with Crippen LogP contribution in [0.5, 0.6) is 0 Å². The molecule has 0 radical (unpaired) electrons. The molecule has 1 aromatic heterocycles. The zero-order chi connectivity index (χ0) is 16.7. The summed E-state index contributed by atoms with van der Waals surface area (Å²) < 4.78 is 2.23. The molecule has 1 heterocycles. The Bertz CT molecular complexity index is 862. The molecule has 0 amide bonds. The molecule has 122 valence electrons. The van der Waals surface area contributed by atoms with Crippen molar-refractivity contribution in [3.8, 4) is 22.5 Å². The molecule has 1 aliphatic rings. The quantitative estimate of drug-likeness (QED) is 0.549. The van der Waals surface area contributed by atoms with Crippen LogP contribution in [0.3, 0.4) is 0 Å². The van der Waals surface area contributed by atoms with Crippen molar-refractivity contribution in [1.82, 2.24) is 14.7 Å². The van der Waals surface area contributed by atoms with Crippen molar-refractivity contribution in [3.05, 3.63) is 65.7 Å². The average molecular weight is 317 g/mol. The third-order valence-electron chi connectivity index (χ3n) is 4.94. The second-order valence-electron chi connectivity index (χ2n) is 6.67. The van der Waals surface area contributed by atoms with Gasteiger partial charge in [-0.1, -0.05) is 61.5 Å². The number of fused-ring (bicyclic) bond motifs is 3. The molecule has 0 saturated heterocycles. The van der Waals surface area contributed by atoms with E-state index in [0.717, 1.165) is 18.5 Å². The SMILES string of the molecule is CCC(N(C)C)n1nc2c(c1-c1ccccc1)Cc1ccccc1-2. The lowest BCUT2D eigenvalue weighted by molar-refractivity contribution is 0.196. The van der Waals surface area contributed by atoms with E-state index in [2.05, 4.69) is 85.2 Å². The van der Waals surface area contributed by atoms with E-state index in [4.69, 9.17) is 5.10 Å². The molecule has 1 unspecified atom stereocenters. The Labute approximate surface area is 143 Å². The van der Waals surface area contributed by atoms with Crippen LogP contribution in [-0.4, -0.2) is 28.8 Å². The van der Waals surface area contributed by atoms with Gasteiger partial charge in [0, 0.05) is 23.1 Å². The molecule has 3 nitrogen and oxygen atoms in total. The van der Waals surface area contributed by atoms with Crippen LogP contribution in [-0.2, 0) is 6.42 Å². The highest BCUT2D eigenvalue weighted by Crippen LogP contribution is 2.42. The highest BCUT2D eigenvalue weighted by atomic mass is 15.4. The number of hydrogen-bond acceptors (Lipinski definition) is 2. The minimum Gasteiger partial charge on any atom is -0.288 e. The number of aromatic nitrogens is 2. The molecule has 2 aromatic carbocycles. The van der Waals surface area contributed by atoms with E-state index < -0.39 is 0 Å². The van der Waals surface area contributed by atoms with E-state index in [0.29, 0.717) is 0 Å². The zero-order valence-electron chi connectivity index (χ0n) is 14.5. The zero-order valence-corrected chi connectivity index (χ0v) is 14.5. The van der Waals surface area contributed by atoms with Crippen LogP contribution in [0.15, 0.2) is 54.6 Å². The highest BCUT2D eigenvalue weighted by molar-refractivity contribution is 5.81. The molecule has 24 heavy (non-hydrogen) atoms. The molecule has 1 aliphatic carbocycles. The van der Waals surface area contributed by atoms with Crippen LogP contribution in [0, 0.1) is 0 Å². The normalized spacial score (nSPS) is 13.8. The van der Waals surface area contributed by atoms with Crippen molar-refractivity contribution in [1.29, 1.82) is 0 Å². The molecule has 0 spiro atoms. The monoisotopic (exact) mass is 317 g/mol. The van der Waals surface area contributed by atoms with Crippen LogP contribution in [0.4, 0.5) is 0 Å². The largest absolute Gasteiger partial charge is 0.288 e. The summed E-state index contributed by atoms with van der Waals surface area (Å²) in [6.45, 7) is 2.22. The summed E-state index contributed by atoms with van der Waals surface area (Å²) in [4.78, 5) is 2.25. The van der Waals surface area contributed by atoms with Gasteiger partial charge in [0.05, 0.1) is 11.4 Å². The van der Waals surface area contributed by atoms with Crippen molar-refractivity contribution in [3.63, 3.8) is 0 Å². The van der Waals surface area contributed by atoms with Crippen molar-refractivity contribution >= 4 is 0 Å². The summed E-state index contributed by atoms with van der Waals surface area (Å²) >= 11 is 0. The van der Waals surface area contributed by atoms with Crippen LogP contribution < -0.4 is 0 Å². The summed E-state index contributed by atoms with van der Waals surface area (Å²) in [6.07, 6.45) is 2.26. The van der Waals surface area contributed by atoms with Gasteiger partial charge in [-0.05, 0) is 26.1 Å². The van der Waals surface area contributed by atoms with Gasteiger partial charge in [0.15, 0.2) is 0 Å². The number of hydrogen-bond donors (Lipinski definition) is 0. The highest BCUT2D eigenvalue weighted by Gasteiger charge is 2.30. The maximum absolute atomic E-state index is 5.08. The molecular weight excluding hydrogens is 294 g/mol. The van der Waals surface area contributed by atoms with Gasteiger partial charge in [0.25, 0.3) is 0 Å². The first-order chi connectivity index (χ1) is 11.7. The molecule has 1 atom stereocenters. The van der Waals surface area contributed by atoms with E-state index in [-0.39, 0.29) is 6.17 Å². The summed E-state index contributed by atoms with van der Waals surface area (Å²) in [5.74, 6) is 0. The van der Waals surface area contributed by atoms with Gasteiger partial charge in [0.1, 0.15) is 6.17 Å². The lowest BCUT2D eigenvalue weighted by Crippen LogP contribution is -2.26. The summed E-state index contributed by atoms with van der Waals surface area (Å²) in [7, 11) is 4.26. The summed E-state index contributed by atoms with van der Waals surface area (Å²) in [5.41, 5.74) is 7.71. The average Bonchev–Trinajstić information content (AvgIpc) is 3.12. The minimum atomic E-state index is 0.262. The van der Waals surface area contributed by atoms with Gasteiger partial charge >= 0.3 is 0 Å². The third kappa shape index (κ3) is 2.28. The second kappa shape index (κ2) is 5.91. The fourth-order valence-corrected chi connectivity index (χ4v) is 3.82. The van der Waals surface area contributed by atoms with Crippen molar-refractivity contribution < 1.29 is 0 Å². The maximum atomic E-state index is 5.08. The molecule has 0 N–H and O–H groups in total. The molecule has 3 heteroatoms. The van der Waals surface area contributed by atoms with Gasteiger partial charge in [-0.15, -0.1) is 0 Å². The van der Waals surface area contributed by atoms with Gasteiger partial charge in [-0.2, -0.15) is 5.10 Å². The second-order valence-corrected chi connectivity index (χ2v) is 6.67. The summed E-state index contributed by atoms with van der Waals surface area (Å²) in [5, 5.41) is 5.08. The van der Waals surface area contributed by atoms with Crippen molar-refractivity contribution in [2.24, 2.45) is 0 Å². The van der Waals surface area contributed by atoms with Crippen LogP contribution in [0.2, 0.25) is 0 Å². The molecule has 4 rings (SSSR count). The van der Waals surface area contributed by atoms with E-state index in [1.54, 1.807) is 0 Å². The number of benzene rings is 2. The van der Waals surface area contributed by atoms with Gasteiger partial charge in [-0.25, -0.2) is 4.68 Å². The Morgan fingerprint density at radius 1 is 1.04 bits per heavy atom. The van der Waals surface area contributed by atoms with E-state index >= 15 is 0 Å². The predicted molar refractivity (Wildman–Crippen MR) is 98.9 cm³/mol. The topological polar surface area (TPSA) is 21.1 Å². The third-order valence-corrected chi connectivity index (χ3v) is 4.94. The molecule has 3 aromatic rings. The number of nitrogens with zero attached hydrogens (tertiary/aromatic N) is 3. The Hall–Kier alpha value is -2.39. The van der Waals surface area contributed by atoms with E-state index in [9.17, 15) is 0 Å². The van der Waals surface area contributed by atoms with Crippen LogP contribution >= 0.6 is 0 Å². The first kappa shape index (κ1) is 15.2. The first-order valence-corrected chi connectivity index (χ1v) is 8.62. The van der Waals surface area contributed by atoms with E-state index in [1.807, 2.05) is 0 Å². The molecule has 0 bridgehead atoms. The van der Waals surface area contributed by atoms with Gasteiger partial charge in [-0.3, -0.25) is 4.90 Å². The molecule has 0 saturated carbocycles. The lowest BCUT2D eigenvalue weighted by Gasteiger charge is -2.26. The molecule has 0 aliphatic heterocycles. The fourth-order valence-electron chi connectivity index (χ4n) is 3.82. The minimum absolute atomic E-state index is 0.262. The Morgan fingerprint density at radius 3 is 2.46 bits per heavy atom. The fraction of sp³-hybridized carbons (Fsp3) is 0.286. The molecular formula is C21H23N3. The predicted octanol–water partition coefficient (Wildman–Crippen LogP) is 4.59. The maximum Gasteiger partial charge on any atom is 0.104 e. The van der Waals surface area contributed by atoms with Crippen molar-refractivity contribution in [2.45, 2.75) is 25.9 Å². The van der Waals surface area contributed by atoms with Crippen molar-refractivity contribution in [2.75, 3.05) is 14.1 Å². The smallest absolute Gasteiger partial charge is 0.104 e. The first-order valence-electron chi connectivity index (χ1n) is 8.62. The number of rotatable bonds is 4. The van der Waals surface area contributed by atoms with Gasteiger partial charge in [0.2, 0.25) is 0 Å². The van der Waals surface area contributed by atoms with Crippen LogP contribution in [0.1, 0.15) is 30.6 Å². The Morgan fingerprint density at radius 2 is 1.75 bits per heavy atom. The Kier molecular flexibility index (Phi) is 3.73.